The summed E-state index contributed by atoms with van der Waals surface area (Å²) in [4.78, 5) is 15.1. The van der Waals surface area contributed by atoms with E-state index in [1.165, 1.54) is 10.8 Å². The summed E-state index contributed by atoms with van der Waals surface area (Å²) in [6.45, 7) is 3.54. The first kappa shape index (κ1) is 17.0. The van der Waals surface area contributed by atoms with Gasteiger partial charge in [-0.3, -0.25) is 4.57 Å². The summed E-state index contributed by atoms with van der Waals surface area (Å²) in [7, 11) is 0. The Bertz CT molecular complexity index is 1010. The van der Waals surface area contributed by atoms with Crippen molar-refractivity contribution in [3.63, 3.8) is 0 Å². The molecular weight excluding hydrogens is 357 g/mol. The van der Waals surface area contributed by atoms with Gasteiger partial charge in [-0.05, 0) is 12.1 Å². The Morgan fingerprint density at radius 3 is 2.56 bits per heavy atom. The molecule has 1 N–H and O–H groups in total. The number of nitrogens with zero attached hydrogens (tertiary/aromatic N) is 2. The molecule has 2 heterocycles. The molecule has 0 unspecified atom stereocenters. The third-order valence-corrected chi connectivity index (χ3v) is 3.95. The molecule has 3 aromatic rings. The molecule has 25 heavy (non-hydrogen) atoms. The lowest BCUT2D eigenvalue weighted by Crippen LogP contribution is -2.07. The Morgan fingerprint density at radius 1 is 1.28 bits per heavy atom. The summed E-state index contributed by atoms with van der Waals surface area (Å²) in [6.07, 6.45) is -2.43. The molecular formula is C17H10ClF3N2O2. The summed E-state index contributed by atoms with van der Waals surface area (Å²) in [5.74, 6) is -1.13. The van der Waals surface area contributed by atoms with Gasteiger partial charge >= 0.3 is 12.1 Å². The lowest BCUT2D eigenvalue weighted by atomic mass is 10.1. The summed E-state index contributed by atoms with van der Waals surface area (Å²) >= 11 is 6.00. The summed E-state index contributed by atoms with van der Waals surface area (Å²) in [6, 6.07) is 7.58. The molecule has 0 saturated heterocycles. The van der Waals surface area contributed by atoms with Crippen LogP contribution in [0.3, 0.4) is 0 Å². The first-order chi connectivity index (χ1) is 11.7. The number of pyridine rings is 1. The maximum absolute atomic E-state index is 12.8. The highest BCUT2D eigenvalue weighted by atomic mass is 35.5. The van der Waals surface area contributed by atoms with Crippen molar-refractivity contribution in [1.29, 1.82) is 0 Å². The number of carboxylic acids is 1. The van der Waals surface area contributed by atoms with Crippen LogP contribution in [0.2, 0.25) is 5.02 Å². The summed E-state index contributed by atoms with van der Waals surface area (Å²) < 4.78 is 39.8. The second-order valence-corrected chi connectivity index (χ2v) is 5.65. The van der Waals surface area contributed by atoms with Crippen molar-refractivity contribution in [1.82, 2.24) is 9.55 Å². The molecule has 3 rings (SSSR count). The Balaban J connectivity index is 2.23. The van der Waals surface area contributed by atoms with Crippen molar-refractivity contribution in [2.75, 3.05) is 0 Å². The van der Waals surface area contributed by atoms with Gasteiger partial charge in [-0.15, -0.1) is 0 Å². The molecule has 0 atom stereocenters. The monoisotopic (exact) mass is 366 g/mol. The first-order valence-electron chi connectivity index (χ1n) is 6.96. The number of halogens is 4. The van der Waals surface area contributed by atoms with E-state index in [0.717, 1.165) is 6.07 Å². The minimum absolute atomic E-state index is 0.0651. The lowest BCUT2D eigenvalue weighted by Gasteiger charge is -2.10. The second kappa shape index (κ2) is 5.93. The molecule has 0 saturated carbocycles. The van der Waals surface area contributed by atoms with E-state index >= 15 is 0 Å². The zero-order chi connectivity index (χ0) is 18.4. The molecule has 8 heteroatoms. The van der Waals surface area contributed by atoms with E-state index in [1.807, 2.05) is 0 Å². The van der Waals surface area contributed by atoms with Gasteiger partial charge in [-0.2, -0.15) is 13.2 Å². The van der Waals surface area contributed by atoms with Gasteiger partial charge in [0, 0.05) is 23.3 Å². The van der Waals surface area contributed by atoms with Crippen LogP contribution in [0.1, 0.15) is 11.1 Å². The average Bonchev–Trinajstić information content (AvgIpc) is 2.92. The number of aromatic nitrogens is 2. The van der Waals surface area contributed by atoms with E-state index in [9.17, 15) is 23.1 Å². The fraction of sp³-hybridized carbons (Fsp3) is 0.0588. The largest absolute Gasteiger partial charge is 0.478 e. The Morgan fingerprint density at radius 2 is 1.96 bits per heavy atom. The van der Waals surface area contributed by atoms with E-state index in [0.29, 0.717) is 22.7 Å². The van der Waals surface area contributed by atoms with Crippen molar-refractivity contribution in [2.45, 2.75) is 6.18 Å². The van der Waals surface area contributed by atoms with Crippen molar-refractivity contribution in [2.24, 2.45) is 0 Å². The molecule has 0 radical (unpaired) electrons. The minimum atomic E-state index is -4.56. The van der Waals surface area contributed by atoms with Gasteiger partial charge in [0.25, 0.3) is 0 Å². The molecule has 4 nitrogen and oxygen atoms in total. The third-order valence-electron chi connectivity index (χ3n) is 3.67. The molecule has 2 aromatic heterocycles. The van der Waals surface area contributed by atoms with Crippen LogP contribution in [0.4, 0.5) is 13.2 Å². The number of hydrogen-bond donors (Lipinski definition) is 1. The van der Waals surface area contributed by atoms with Crippen LogP contribution in [0.5, 0.6) is 0 Å². The highest BCUT2D eigenvalue weighted by molar-refractivity contribution is 6.32. The van der Waals surface area contributed by atoms with Crippen molar-refractivity contribution < 1.29 is 23.1 Å². The fourth-order valence-corrected chi connectivity index (χ4v) is 2.73. The van der Waals surface area contributed by atoms with Crippen molar-refractivity contribution >= 4 is 34.0 Å². The summed E-state index contributed by atoms with van der Waals surface area (Å²) in [5, 5.41) is 9.55. The van der Waals surface area contributed by atoms with Crippen LogP contribution >= 0.6 is 11.6 Å². The standard InChI is InChI=1S/C17H10ClF3N2O2/c1-9(16(24)25)12-8-23(14-5-3-2-4-11(12)14)15-13(18)6-10(7-22-15)17(19,20)21/h2-8H,1H2,(H,24,25). The number of benzene rings is 1. The number of carboxylic acid groups (broad SMARTS) is 1. The maximum Gasteiger partial charge on any atom is 0.417 e. The SMILES string of the molecule is C=C(C(=O)O)c1cn(-c2ncc(C(F)(F)F)cc2Cl)c2ccccc12. The quantitative estimate of drug-likeness (QED) is 0.678. The molecule has 0 amide bonds. The molecule has 0 spiro atoms. The first-order valence-corrected chi connectivity index (χ1v) is 7.33. The normalized spacial score (nSPS) is 11.7. The van der Waals surface area contributed by atoms with Gasteiger partial charge in [0.1, 0.15) is 0 Å². The highest BCUT2D eigenvalue weighted by Gasteiger charge is 2.32. The van der Waals surface area contributed by atoms with Crippen LogP contribution in [-0.2, 0) is 11.0 Å². The van der Waals surface area contributed by atoms with Crippen molar-refractivity contribution in [3.8, 4) is 5.82 Å². The van der Waals surface area contributed by atoms with Gasteiger partial charge in [0.15, 0.2) is 5.82 Å². The second-order valence-electron chi connectivity index (χ2n) is 5.24. The van der Waals surface area contributed by atoms with Crippen LogP contribution in [0.15, 0.2) is 49.3 Å². The molecule has 0 aliphatic heterocycles. The van der Waals surface area contributed by atoms with E-state index in [-0.39, 0.29) is 16.4 Å². The Kier molecular flexibility index (Phi) is 4.04. The van der Waals surface area contributed by atoms with Crippen molar-refractivity contribution in [3.05, 3.63) is 65.5 Å². The lowest BCUT2D eigenvalue weighted by molar-refractivity contribution is -0.137. The topological polar surface area (TPSA) is 55.1 Å². The van der Waals surface area contributed by atoms with Gasteiger partial charge in [-0.25, -0.2) is 9.78 Å². The van der Waals surface area contributed by atoms with Crippen LogP contribution in [-0.4, -0.2) is 20.6 Å². The minimum Gasteiger partial charge on any atom is -0.478 e. The number of aliphatic carboxylic acids is 1. The van der Waals surface area contributed by atoms with E-state index < -0.39 is 17.7 Å². The molecule has 1 aromatic carbocycles. The molecule has 0 bridgehead atoms. The molecule has 0 fully saturated rings. The van der Waals surface area contributed by atoms with Crippen LogP contribution in [0.25, 0.3) is 22.3 Å². The maximum atomic E-state index is 12.8. The number of carbonyl (C=O) groups is 1. The number of fused-ring (bicyclic) bond motifs is 1. The molecule has 128 valence electrons. The number of alkyl halides is 3. The molecule has 0 aliphatic carbocycles. The van der Waals surface area contributed by atoms with Crippen LogP contribution < -0.4 is 0 Å². The predicted molar refractivity (Wildman–Crippen MR) is 87.8 cm³/mol. The predicted octanol–water partition coefficient (Wildman–Crippen LogP) is 4.80. The van der Waals surface area contributed by atoms with Gasteiger partial charge in [-0.1, -0.05) is 36.4 Å². The number of rotatable bonds is 3. The summed E-state index contributed by atoms with van der Waals surface area (Å²) in [5.41, 5.74) is -0.221. The van der Waals surface area contributed by atoms with Gasteiger partial charge in [0.05, 0.1) is 21.7 Å². The van der Waals surface area contributed by atoms with E-state index in [1.54, 1.807) is 24.3 Å². The van der Waals surface area contributed by atoms with E-state index in [4.69, 9.17) is 11.6 Å². The highest BCUT2D eigenvalue weighted by Crippen LogP contribution is 2.34. The average molecular weight is 367 g/mol. The smallest absolute Gasteiger partial charge is 0.417 e. The number of para-hydroxylation sites is 1. The van der Waals surface area contributed by atoms with Gasteiger partial charge in [0.2, 0.25) is 0 Å². The van der Waals surface area contributed by atoms with E-state index in [2.05, 4.69) is 11.6 Å². The Hall–Kier alpha value is -2.80. The van der Waals surface area contributed by atoms with Crippen LogP contribution in [0, 0.1) is 0 Å². The zero-order valence-corrected chi connectivity index (χ0v) is 13.3. The zero-order valence-electron chi connectivity index (χ0n) is 12.5. The Labute approximate surface area is 144 Å². The van der Waals surface area contributed by atoms with Gasteiger partial charge < -0.3 is 5.11 Å². The fourth-order valence-electron chi connectivity index (χ4n) is 2.47. The number of hydrogen-bond acceptors (Lipinski definition) is 2. The molecule has 0 aliphatic rings. The third kappa shape index (κ3) is 2.98.